The van der Waals surface area contributed by atoms with E-state index in [1.807, 2.05) is 67.3 Å². The molecule has 2 aliphatic rings. The molecular formula is C25H22ClN3O2S. The Labute approximate surface area is 197 Å². The van der Waals surface area contributed by atoms with Gasteiger partial charge in [-0.3, -0.25) is 9.69 Å². The Morgan fingerprint density at radius 2 is 1.78 bits per heavy atom. The number of benzene rings is 3. The number of rotatable bonds is 3. The Morgan fingerprint density at radius 1 is 1.09 bits per heavy atom. The number of para-hydroxylation sites is 1. The molecule has 2 aliphatic heterocycles. The van der Waals surface area contributed by atoms with Crippen molar-refractivity contribution in [2.24, 2.45) is 5.92 Å². The van der Waals surface area contributed by atoms with Gasteiger partial charge < -0.3 is 15.4 Å². The van der Waals surface area contributed by atoms with Crippen molar-refractivity contribution in [3.8, 4) is 5.75 Å². The van der Waals surface area contributed by atoms with Gasteiger partial charge in [0.15, 0.2) is 10.8 Å². The molecule has 0 spiro atoms. The zero-order chi connectivity index (χ0) is 22.5. The quantitative estimate of drug-likeness (QED) is 0.506. The summed E-state index contributed by atoms with van der Waals surface area (Å²) in [5, 5.41) is 7.58. The van der Waals surface area contributed by atoms with E-state index in [2.05, 4.69) is 10.6 Å². The fourth-order valence-corrected chi connectivity index (χ4v) is 5.11. The summed E-state index contributed by atoms with van der Waals surface area (Å²) in [5.74, 6) is -0.00910. The van der Waals surface area contributed by atoms with Crippen LogP contribution < -0.4 is 20.3 Å². The number of nitrogens with one attached hydrogen (secondary N) is 2. The molecule has 3 aromatic carbocycles. The van der Waals surface area contributed by atoms with Crippen LogP contribution >= 0.6 is 23.8 Å². The standard InChI is InChI=1S/C25H22ClN3O2S/c1-15-7-13-18(14-8-15)29-24(32)28-22-19-5-3-4-6-20(19)31-25(29,2)21(22)23(30)27-17-11-9-16(26)10-12-17/h3-14,21-22H,1-2H3,(H,27,30)(H,28,32). The van der Waals surface area contributed by atoms with Gasteiger partial charge in [-0.2, -0.15) is 0 Å². The van der Waals surface area contributed by atoms with Gasteiger partial charge in [0.05, 0.1) is 6.04 Å². The smallest absolute Gasteiger partial charge is 0.236 e. The number of amides is 1. The molecule has 0 radical (unpaired) electrons. The molecule has 1 fully saturated rings. The molecule has 5 rings (SSSR count). The van der Waals surface area contributed by atoms with Crippen molar-refractivity contribution in [1.82, 2.24) is 5.32 Å². The molecule has 32 heavy (non-hydrogen) atoms. The van der Waals surface area contributed by atoms with Crippen LogP contribution in [0.4, 0.5) is 11.4 Å². The van der Waals surface area contributed by atoms with Gasteiger partial charge in [0.1, 0.15) is 11.7 Å². The number of carbonyl (C=O) groups excluding carboxylic acids is 1. The second-order valence-corrected chi connectivity index (χ2v) is 9.09. The van der Waals surface area contributed by atoms with Crippen LogP contribution in [0.15, 0.2) is 72.8 Å². The van der Waals surface area contributed by atoms with Crippen LogP contribution in [0.25, 0.3) is 0 Å². The molecule has 3 unspecified atom stereocenters. The van der Waals surface area contributed by atoms with E-state index in [9.17, 15) is 4.79 Å². The Balaban J connectivity index is 1.60. The molecule has 2 N–H and O–H groups in total. The number of carbonyl (C=O) groups is 1. The van der Waals surface area contributed by atoms with Gasteiger partial charge in [-0.15, -0.1) is 0 Å². The third-order valence-electron chi connectivity index (χ3n) is 6.09. The molecular weight excluding hydrogens is 442 g/mol. The lowest BCUT2D eigenvalue weighted by atomic mass is 9.78. The predicted molar refractivity (Wildman–Crippen MR) is 131 cm³/mol. The van der Waals surface area contributed by atoms with Crippen molar-refractivity contribution in [3.63, 3.8) is 0 Å². The fourth-order valence-electron chi connectivity index (χ4n) is 4.57. The van der Waals surface area contributed by atoms with Crippen LogP contribution in [-0.4, -0.2) is 16.7 Å². The first-order valence-corrected chi connectivity index (χ1v) is 11.2. The highest BCUT2D eigenvalue weighted by molar-refractivity contribution is 7.80. The largest absolute Gasteiger partial charge is 0.467 e. The molecule has 2 heterocycles. The van der Waals surface area contributed by atoms with Crippen LogP contribution in [0, 0.1) is 12.8 Å². The first-order chi connectivity index (χ1) is 15.4. The maximum Gasteiger partial charge on any atom is 0.236 e. The summed E-state index contributed by atoms with van der Waals surface area (Å²) in [7, 11) is 0. The summed E-state index contributed by atoms with van der Waals surface area (Å²) in [4.78, 5) is 15.6. The van der Waals surface area contributed by atoms with E-state index in [-0.39, 0.29) is 11.9 Å². The molecule has 162 valence electrons. The van der Waals surface area contributed by atoms with Gasteiger partial charge >= 0.3 is 0 Å². The number of nitrogens with zero attached hydrogens (tertiary/aromatic N) is 1. The SMILES string of the molecule is Cc1ccc(N2C(=S)NC3c4ccccc4OC2(C)C3C(=O)Nc2ccc(Cl)cc2)cc1. The van der Waals surface area contributed by atoms with E-state index in [4.69, 9.17) is 28.6 Å². The van der Waals surface area contributed by atoms with Crippen molar-refractivity contribution in [2.75, 3.05) is 10.2 Å². The highest BCUT2D eigenvalue weighted by atomic mass is 35.5. The lowest BCUT2D eigenvalue weighted by Crippen LogP contribution is -2.72. The van der Waals surface area contributed by atoms with Crippen molar-refractivity contribution >= 4 is 46.2 Å². The molecule has 1 saturated heterocycles. The normalized spacial score (nSPS) is 23.6. The zero-order valence-corrected chi connectivity index (χ0v) is 19.2. The van der Waals surface area contributed by atoms with E-state index < -0.39 is 11.6 Å². The highest BCUT2D eigenvalue weighted by Crippen LogP contribution is 2.49. The monoisotopic (exact) mass is 463 g/mol. The van der Waals surface area contributed by atoms with Gasteiger partial charge in [-0.25, -0.2) is 0 Å². The summed E-state index contributed by atoms with van der Waals surface area (Å²) < 4.78 is 6.57. The number of fused-ring (bicyclic) bond motifs is 4. The summed E-state index contributed by atoms with van der Waals surface area (Å²) in [5.41, 5.74) is 2.54. The maximum atomic E-state index is 13.7. The van der Waals surface area contributed by atoms with Gasteiger partial charge in [0.25, 0.3) is 0 Å². The Hall–Kier alpha value is -3.09. The number of ether oxygens (including phenoxy) is 1. The number of hydrogen-bond donors (Lipinski definition) is 2. The van der Waals surface area contributed by atoms with Gasteiger partial charge in [-0.05, 0) is 68.5 Å². The lowest BCUT2D eigenvalue weighted by molar-refractivity contribution is -0.130. The maximum absolute atomic E-state index is 13.7. The third kappa shape index (κ3) is 3.40. The van der Waals surface area contributed by atoms with E-state index in [1.165, 1.54) is 0 Å². The summed E-state index contributed by atoms with van der Waals surface area (Å²) in [6.07, 6.45) is 0. The Morgan fingerprint density at radius 3 is 2.50 bits per heavy atom. The molecule has 7 heteroatoms. The summed E-state index contributed by atoms with van der Waals surface area (Å²) >= 11 is 11.8. The van der Waals surface area contributed by atoms with E-state index in [1.54, 1.807) is 24.3 Å². The summed E-state index contributed by atoms with van der Waals surface area (Å²) in [6.45, 7) is 3.96. The minimum atomic E-state index is -1.03. The van der Waals surface area contributed by atoms with Crippen molar-refractivity contribution in [1.29, 1.82) is 0 Å². The van der Waals surface area contributed by atoms with Crippen molar-refractivity contribution < 1.29 is 9.53 Å². The minimum absolute atomic E-state index is 0.165. The molecule has 2 bridgehead atoms. The van der Waals surface area contributed by atoms with Crippen molar-refractivity contribution in [2.45, 2.75) is 25.6 Å². The Kier molecular flexibility index (Phi) is 5.07. The van der Waals surface area contributed by atoms with E-state index in [0.29, 0.717) is 15.8 Å². The zero-order valence-electron chi connectivity index (χ0n) is 17.6. The molecule has 0 aromatic heterocycles. The summed E-state index contributed by atoms with van der Waals surface area (Å²) in [6, 6.07) is 22.5. The third-order valence-corrected chi connectivity index (χ3v) is 6.65. The van der Waals surface area contributed by atoms with Crippen LogP contribution in [-0.2, 0) is 4.79 Å². The van der Waals surface area contributed by atoms with Crippen LogP contribution in [0.3, 0.4) is 0 Å². The molecule has 3 aromatic rings. The highest BCUT2D eigenvalue weighted by Gasteiger charge is 2.59. The number of thiocarbonyl (C=S) groups is 1. The fraction of sp³-hybridized carbons (Fsp3) is 0.200. The van der Waals surface area contributed by atoms with E-state index in [0.717, 1.165) is 22.6 Å². The van der Waals surface area contributed by atoms with Crippen molar-refractivity contribution in [3.05, 3.63) is 88.9 Å². The number of anilines is 2. The van der Waals surface area contributed by atoms with E-state index >= 15 is 0 Å². The molecule has 5 nitrogen and oxygen atoms in total. The van der Waals surface area contributed by atoms with Gasteiger partial charge in [-0.1, -0.05) is 47.5 Å². The number of aryl methyl sites for hydroxylation is 1. The Bertz CT molecular complexity index is 1200. The first kappa shape index (κ1) is 20.8. The molecule has 0 saturated carbocycles. The minimum Gasteiger partial charge on any atom is -0.467 e. The molecule has 1 amide bonds. The van der Waals surface area contributed by atoms with Crippen LogP contribution in [0.2, 0.25) is 5.02 Å². The topological polar surface area (TPSA) is 53.6 Å². The average molecular weight is 464 g/mol. The number of hydrogen-bond acceptors (Lipinski definition) is 3. The van der Waals surface area contributed by atoms with Gasteiger partial charge in [0.2, 0.25) is 5.91 Å². The van der Waals surface area contributed by atoms with Crippen LogP contribution in [0.5, 0.6) is 5.75 Å². The second kappa shape index (κ2) is 7.80. The van der Waals surface area contributed by atoms with Gasteiger partial charge in [0, 0.05) is 22.0 Å². The first-order valence-electron chi connectivity index (χ1n) is 10.4. The lowest BCUT2D eigenvalue weighted by Gasteiger charge is -2.56. The predicted octanol–water partition coefficient (Wildman–Crippen LogP) is 5.45. The second-order valence-electron chi connectivity index (χ2n) is 8.27. The molecule has 0 aliphatic carbocycles. The molecule has 3 atom stereocenters. The average Bonchev–Trinajstić information content (AvgIpc) is 2.76. The van der Waals surface area contributed by atoms with Crippen LogP contribution in [0.1, 0.15) is 24.1 Å². The number of halogens is 1.